The average Bonchev–Trinajstić information content (AvgIpc) is 2.78. The standard InChI is InChI=1S/C15H25N5/c1-15(2,9-10-16)8-7-12-17-11-5-6-13(20(3)4)19-14(11)18-12/h5-6H,7-10,16H2,1-4H3,(H,17,18,19). The molecule has 0 unspecified atom stereocenters. The number of rotatable bonds is 6. The van der Waals surface area contributed by atoms with Crippen LogP contribution < -0.4 is 10.6 Å². The first-order valence-corrected chi connectivity index (χ1v) is 7.14. The Labute approximate surface area is 120 Å². The molecule has 0 aliphatic carbocycles. The summed E-state index contributed by atoms with van der Waals surface area (Å²) in [5.41, 5.74) is 7.71. The number of imidazole rings is 1. The molecule has 3 N–H and O–H groups in total. The topological polar surface area (TPSA) is 70.8 Å². The number of nitrogens with zero attached hydrogens (tertiary/aromatic N) is 3. The van der Waals surface area contributed by atoms with E-state index in [0.29, 0.717) is 0 Å². The highest BCUT2D eigenvalue weighted by Crippen LogP contribution is 2.26. The number of nitrogens with one attached hydrogen (secondary N) is 1. The first-order valence-electron chi connectivity index (χ1n) is 7.14. The van der Waals surface area contributed by atoms with Gasteiger partial charge in [-0.05, 0) is 36.9 Å². The maximum atomic E-state index is 5.65. The van der Waals surface area contributed by atoms with E-state index in [-0.39, 0.29) is 5.41 Å². The Morgan fingerprint density at radius 2 is 1.95 bits per heavy atom. The summed E-state index contributed by atoms with van der Waals surface area (Å²) in [5.74, 6) is 1.94. The van der Waals surface area contributed by atoms with Crippen molar-refractivity contribution in [3.8, 4) is 0 Å². The number of nitrogens with two attached hydrogens (primary N) is 1. The van der Waals surface area contributed by atoms with Crippen molar-refractivity contribution in [2.24, 2.45) is 11.1 Å². The lowest BCUT2D eigenvalue weighted by Gasteiger charge is -2.22. The van der Waals surface area contributed by atoms with Crippen molar-refractivity contribution < 1.29 is 0 Å². The fourth-order valence-corrected chi connectivity index (χ4v) is 2.27. The summed E-state index contributed by atoms with van der Waals surface area (Å²) in [5, 5.41) is 0. The molecule has 0 aliphatic rings. The highest BCUT2D eigenvalue weighted by molar-refractivity contribution is 5.73. The zero-order valence-corrected chi connectivity index (χ0v) is 12.9. The molecule has 2 aromatic heterocycles. The molecule has 110 valence electrons. The third-order valence-corrected chi connectivity index (χ3v) is 3.70. The average molecular weight is 275 g/mol. The van der Waals surface area contributed by atoms with Crippen LogP contribution in [0.4, 0.5) is 5.82 Å². The Bertz CT molecular complexity index is 571. The number of aryl methyl sites for hydroxylation is 1. The molecule has 0 bridgehead atoms. The fourth-order valence-electron chi connectivity index (χ4n) is 2.27. The van der Waals surface area contributed by atoms with Crippen LogP contribution in [0.3, 0.4) is 0 Å². The van der Waals surface area contributed by atoms with E-state index in [9.17, 15) is 0 Å². The Balaban J connectivity index is 2.12. The molecule has 0 spiro atoms. The van der Waals surface area contributed by atoms with Crippen molar-refractivity contribution in [1.82, 2.24) is 15.0 Å². The Kier molecular flexibility index (Phi) is 4.28. The summed E-state index contributed by atoms with van der Waals surface area (Å²) in [7, 11) is 3.97. The molecule has 0 amide bonds. The molecule has 0 atom stereocenters. The SMILES string of the molecule is CN(C)c1ccc2[nH]c(CCC(C)(C)CCN)nc2n1. The number of fused-ring (bicyclic) bond motifs is 1. The molecule has 5 heteroatoms. The molecule has 0 aliphatic heterocycles. The van der Waals surface area contributed by atoms with Crippen LogP contribution in [0.15, 0.2) is 12.1 Å². The monoisotopic (exact) mass is 275 g/mol. The first-order chi connectivity index (χ1) is 9.41. The second-order valence-corrected chi connectivity index (χ2v) is 6.32. The number of aromatic amines is 1. The van der Waals surface area contributed by atoms with Crippen LogP contribution in [-0.4, -0.2) is 35.6 Å². The van der Waals surface area contributed by atoms with Gasteiger partial charge in [0.2, 0.25) is 0 Å². The molecular formula is C15H25N5. The van der Waals surface area contributed by atoms with Gasteiger partial charge in [-0.3, -0.25) is 0 Å². The maximum absolute atomic E-state index is 5.65. The highest BCUT2D eigenvalue weighted by atomic mass is 15.1. The Hall–Kier alpha value is -1.62. The zero-order chi connectivity index (χ0) is 14.8. The molecule has 2 heterocycles. The largest absolute Gasteiger partial charge is 0.363 e. The molecule has 0 saturated carbocycles. The summed E-state index contributed by atoms with van der Waals surface area (Å²) in [6.07, 6.45) is 3.04. The third kappa shape index (κ3) is 3.48. The molecule has 5 nitrogen and oxygen atoms in total. The number of aromatic nitrogens is 3. The second kappa shape index (κ2) is 5.79. The van der Waals surface area contributed by atoms with Gasteiger partial charge in [0.05, 0.1) is 5.52 Å². The number of H-pyrrole nitrogens is 1. The Morgan fingerprint density at radius 3 is 2.60 bits per heavy atom. The number of hydrogen-bond acceptors (Lipinski definition) is 4. The summed E-state index contributed by atoms with van der Waals surface area (Å²) < 4.78 is 0. The van der Waals surface area contributed by atoms with Gasteiger partial charge in [0.1, 0.15) is 11.6 Å². The van der Waals surface area contributed by atoms with Gasteiger partial charge < -0.3 is 15.6 Å². The molecule has 0 radical (unpaired) electrons. The van der Waals surface area contributed by atoms with Gasteiger partial charge >= 0.3 is 0 Å². The van der Waals surface area contributed by atoms with Gasteiger partial charge in [-0.1, -0.05) is 13.8 Å². The van der Waals surface area contributed by atoms with Crippen LogP contribution in [-0.2, 0) is 6.42 Å². The second-order valence-electron chi connectivity index (χ2n) is 6.32. The molecule has 0 fully saturated rings. The molecule has 0 aromatic carbocycles. The van der Waals surface area contributed by atoms with E-state index in [1.54, 1.807) is 0 Å². The van der Waals surface area contributed by atoms with E-state index in [2.05, 4.69) is 28.8 Å². The van der Waals surface area contributed by atoms with E-state index in [0.717, 1.165) is 48.6 Å². The number of pyridine rings is 1. The minimum atomic E-state index is 0.260. The number of hydrogen-bond donors (Lipinski definition) is 2. The van der Waals surface area contributed by atoms with Crippen molar-refractivity contribution >= 4 is 17.0 Å². The molecule has 2 aromatic rings. The van der Waals surface area contributed by atoms with Gasteiger partial charge in [0.25, 0.3) is 0 Å². The minimum absolute atomic E-state index is 0.260. The minimum Gasteiger partial charge on any atom is -0.363 e. The smallest absolute Gasteiger partial charge is 0.179 e. The first kappa shape index (κ1) is 14.8. The molecule has 2 rings (SSSR count). The predicted octanol–water partition coefficient (Wildman–Crippen LogP) is 2.33. The van der Waals surface area contributed by atoms with Crippen LogP contribution in [0.5, 0.6) is 0 Å². The predicted molar refractivity (Wildman–Crippen MR) is 84.0 cm³/mol. The van der Waals surface area contributed by atoms with Crippen LogP contribution in [0.25, 0.3) is 11.2 Å². The van der Waals surface area contributed by atoms with E-state index in [1.807, 2.05) is 31.1 Å². The quantitative estimate of drug-likeness (QED) is 0.849. The van der Waals surface area contributed by atoms with Gasteiger partial charge in [-0.2, -0.15) is 0 Å². The van der Waals surface area contributed by atoms with Gasteiger partial charge in [0.15, 0.2) is 5.65 Å². The van der Waals surface area contributed by atoms with Gasteiger partial charge in [-0.25, -0.2) is 9.97 Å². The fraction of sp³-hybridized carbons (Fsp3) is 0.600. The van der Waals surface area contributed by atoms with Crippen molar-refractivity contribution in [2.75, 3.05) is 25.5 Å². The molecule has 0 saturated heterocycles. The van der Waals surface area contributed by atoms with Crippen LogP contribution >= 0.6 is 0 Å². The van der Waals surface area contributed by atoms with Crippen LogP contribution in [0.1, 0.15) is 32.5 Å². The normalized spacial score (nSPS) is 12.1. The zero-order valence-electron chi connectivity index (χ0n) is 12.9. The lowest BCUT2D eigenvalue weighted by molar-refractivity contribution is 0.311. The lowest BCUT2D eigenvalue weighted by Crippen LogP contribution is -2.18. The van der Waals surface area contributed by atoms with Crippen LogP contribution in [0, 0.1) is 5.41 Å². The molecule has 20 heavy (non-hydrogen) atoms. The summed E-state index contributed by atoms with van der Waals surface area (Å²) in [6.45, 7) is 5.25. The van der Waals surface area contributed by atoms with E-state index in [4.69, 9.17) is 5.73 Å². The lowest BCUT2D eigenvalue weighted by atomic mass is 9.84. The van der Waals surface area contributed by atoms with E-state index in [1.165, 1.54) is 0 Å². The summed E-state index contributed by atoms with van der Waals surface area (Å²) >= 11 is 0. The highest BCUT2D eigenvalue weighted by Gasteiger charge is 2.17. The van der Waals surface area contributed by atoms with Crippen LogP contribution in [0.2, 0.25) is 0 Å². The van der Waals surface area contributed by atoms with E-state index < -0.39 is 0 Å². The van der Waals surface area contributed by atoms with Crippen molar-refractivity contribution in [3.05, 3.63) is 18.0 Å². The van der Waals surface area contributed by atoms with Gasteiger partial charge in [0, 0.05) is 20.5 Å². The summed E-state index contributed by atoms with van der Waals surface area (Å²) in [6, 6.07) is 4.04. The third-order valence-electron chi connectivity index (χ3n) is 3.70. The molecular weight excluding hydrogens is 250 g/mol. The van der Waals surface area contributed by atoms with Crippen molar-refractivity contribution in [2.45, 2.75) is 33.1 Å². The van der Waals surface area contributed by atoms with Crippen molar-refractivity contribution in [3.63, 3.8) is 0 Å². The Morgan fingerprint density at radius 1 is 1.20 bits per heavy atom. The number of anilines is 1. The van der Waals surface area contributed by atoms with Gasteiger partial charge in [-0.15, -0.1) is 0 Å². The van der Waals surface area contributed by atoms with E-state index >= 15 is 0 Å². The summed E-state index contributed by atoms with van der Waals surface area (Å²) in [4.78, 5) is 14.5. The maximum Gasteiger partial charge on any atom is 0.179 e. The van der Waals surface area contributed by atoms with Crippen molar-refractivity contribution in [1.29, 1.82) is 0 Å².